The van der Waals surface area contributed by atoms with Gasteiger partial charge in [-0.2, -0.15) is 5.10 Å². The van der Waals surface area contributed by atoms with Crippen LogP contribution < -0.4 is 11.3 Å². The van der Waals surface area contributed by atoms with Gasteiger partial charge in [-0.05, 0) is 48.0 Å². The molecule has 1 amide bonds. The minimum atomic E-state index is -3.71. The van der Waals surface area contributed by atoms with E-state index in [4.69, 9.17) is 5.73 Å². The van der Waals surface area contributed by atoms with Crippen LogP contribution in [0.3, 0.4) is 0 Å². The molecule has 0 saturated heterocycles. The van der Waals surface area contributed by atoms with Gasteiger partial charge in [0.1, 0.15) is 5.52 Å². The molecule has 5 aromatic rings. The van der Waals surface area contributed by atoms with Gasteiger partial charge in [-0.3, -0.25) is 9.59 Å². The zero-order valence-electron chi connectivity index (χ0n) is 18.2. The van der Waals surface area contributed by atoms with E-state index in [0.717, 1.165) is 5.52 Å². The number of carbonyl (C=O) groups is 1. The second-order valence-corrected chi connectivity index (χ2v) is 9.94. The van der Waals surface area contributed by atoms with Crippen molar-refractivity contribution in [2.75, 3.05) is 0 Å². The zero-order valence-corrected chi connectivity index (χ0v) is 19.0. The summed E-state index contributed by atoms with van der Waals surface area (Å²) >= 11 is 0. The lowest BCUT2D eigenvalue weighted by atomic mass is 10.1. The van der Waals surface area contributed by atoms with E-state index in [1.807, 2.05) is 0 Å². The van der Waals surface area contributed by atoms with Gasteiger partial charge in [0, 0.05) is 28.9 Å². The molecule has 0 atom stereocenters. The smallest absolute Gasteiger partial charge is 0.291 e. The summed E-state index contributed by atoms with van der Waals surface area (Å²) < 4.78 is 29.2. The molecule has 0 radical (unpaired) electrons. The fourth-order valence-electron chi connectivity index (χ4n) is 4.15. The third-order valence-corrected chi connectivity index (χ3v) is 7.65. The van der Waals surface area contributed by atoms with Gasteiger partial charge in [0.25, 0.3) is 5.56 Å². The molecule has 0 aliphatic carbocycles. The van der Waals surface area contributed by atoms with Crippen LogP contribution in [0.2, 0.25) is 0 Å². The molecule has 0 aliphatic heterocycles. The molecular weight excluding hydrogens is 452 g/mol. The molecule has 8 nitrogen and oxygen atoms in total. The molecule has 170 valence electrons. The molecule has 3 aromatic carbocycles. The van der Waals surface area contributed by atoms with Crippen molar-refractivity contribution in [2.45, 2.75) is 16.3 Å². The molecule has 2 heterocycles. The largest absolute Gasteiger partial charge is 0.366 e. The summed E-state index contributed by atoms with van der Waals surface area (Å²) in [4.78, 5) is 25.1. The van der Waals surface area contributed by atoms with E-state index in [1.165, 1.54) is 4.68 Å². The Labute approximate surface area is 194 Å². The SMILES string of the molecule is Cn1c2ccc(S(=O)(=O)c3ccccc3)cc2c2cnn(Cc3cccc(C(N)=O)c3)c(=O)c21. The van der Waals surface area contributed by atoms with E-state index < -0.39 is 15.7 Å². The second-order valence-electron chi connectivity index (χ2n) is 7.99. The molecule has 0 bridgehead atoms. The maximum absolute atomic E-state index is 13.3. The van der Waals surface area contributed by atoms with Crippen molar-refractivity contribution in [1.29, 1.82) is 0 Å². The number of nitrogens with zero attached hydrogens (tertiary/aromatic N) is 3. The molecule has 0 aliphatic rings. The normalized spacial score (nSPS) is 11.8. The van der Waals surface area contributed by atoms with Crippen LogP contribution in [-0.2, 0) is 23.4 Å². The minimum Gasteiger partial charge on any atom is -0.366 e. The quantitative estimate of drug-likeness (QED) is 0.422. The number of sulfone groups is 1. The van der Waals surface area contributed by atoms with Gasteiger partial charge in [-0.15, -0.1) is 0 Å². The predicted molar refractivity (Wildman–Crippen MR) is 128 cm³/mol. The topological polar surface area (TPSA) is 117 Å². The lowest BCUT2D eigenvalue weighted by Crippen LogP contribution is -2.24. The van der Waals surface area contributed by atoms with Gasteiger partial charge < -0.3 is 10.3 Å². The Morgan fingerprint density at radius 2 is 1.71 bits per heavy atom. The van der Waals surface area contributed by atoms with Crippen LogP contribution >= 0.6 is 0 Å². The van der Waals surface area contributed by atoms with Crippen molar-refractivity contribution in [3.05, 3.63) is 100 Å². The fraction of sp³-hybridized carbons (Fsp3) is 0.0800. The third kappa shape index (κ3) is 3.46. The Balaban J connectivity index is 1.64. The Kier molecular flexibility index (Phi) is 5.06. The highest BCUT2D eigenvalue weighted by Gasteiger charge is 2.21. The van der Waals surface area contributed by atoms with Gasteiger partial charge in [0.15, 0.2) is 0 Å². The number of hydrogen-bond donors (Lipinski definition) is 1. The molecule has 9 heteroatoms. The summed E-state index contributed by atoms with van der Waals surface area (Å²) in [6, 6.07) is 19.8. The van der Waals surface area contributed by atoms with Crippen molar-refractivity contribution in [2.24, 2.45) is 12.8 Å². The molecule has 34 heavy (non-hydrogen) atoms. The number of fused-ring (bicyclic) bond motifs is 3. The summed E-state index contributed by atoms with van der Waals surface area (Å²) in [7, 11) is -1.95. The molecular formula is C25H20N4O4S. The number of hydrogen-bond acceptors (Lipinski definition) is 5. The summed E-state index contributed by atoms with van der Waals surface area (Å²) in [6.07, 6.45) is 1.57. The molecule has 2 aromatic heterocycles. The number of primary amides is 1. The first-order chi connectivity index (χ1) is 16.3. The van der Waals surface area contributed by atoms with E-state index in [0.29, 0.717) is 27.4 Å². The van der Waals surface area contributed by atoms with Gasteiger partial charge >= 0.3 is 0 Å². The summed E-state index contributed by atoms with van der Waals surface area (Å²) in [5.41, 5.74) is 7.21. The highest BCUT2D eigenvalue weighted by atomic mass is 32.2. The number of benzene rings is 3. The van der Waals surface area contributed by atoms with E-state index >= 15 is 0 Å². The van der Waals surface area contributed by atoms with Crippen LogP contribution in [0, 0.1) is 0 Å². The molecule has 0 saturated carbocycles. The minimum absolute atomic E-state index is 0.145. The average molecular weight is 473 g/mol. The van der Waals surface area contributed by atoms with Gasteiger partial charge in [-0.1, -0.05) is 30.3 Å². The molecule has 0 unspecified atom stereocenters. The summed E-state index contributed by atoms with van der Waals surface area (Å²) in [5.74, 6) is -0.549. The molecule has 0 fully saturated rings. The van der Waals surface area contributed by atoms with Gasteiger partial charge in [0.2, 0.25) is 15.7 Å². The van der Waals surface area contributed by atoms with Crippen LogP contribution in [0.15, 0.2) is 93.6 Å². The molecule has 0 spiro atoms. The second kappa shape index (κ2) is 7.96. The van der Waals surface area contributed by atoms with Crippen LogP contribution in [0.1, 0.15) is 15.9 Å². The van der Waals surface area contributed by atoms with Gasteiger partial charge in [-0.25, -0.2) is 13.1 Å². The Bertz CT molecular complexity index is 1750. The molecule has 2 N–H and O–H groups in total. The zero-order chi connectivity index (χ0) is 24.0. The number of aromatic nitrogens is 3. The maximum atomic E-state index is 13.3. The van der Waals surface area contributed by atoms with Crippen molar-refractivity contribution < 1.29 is 13.2 Å². The Morgan fingerprint density at radius 1 is 0.941 bits per heavy atom. The van der Waals surface area contributed by atoms with Crippen molar-refractivity contribution >= 4 is 37.6 Å². The average Bonchev–Trinajstić information content (AvgIpc) is 3.13. The summed E-state index contributed by atoms with van der Waals surface area (Å²) in [6.45, 7) is 0.158. The molecule has 5 rings (SSSR count). The lowest BCUT2D eigenvalue weighted by molar-refractivity contribution is 0.1000. The number of aryl methyl sites for hydroxylation is 1. The number of carbonyl (C=O) groups excluding carboxylic acids is 1. The number of nitrogens with two attached hydrogens (primary N) is 1. The monoisotopic (exact) mass is 472 g/mol. The van der Waals surface area contributed by atoms with E-state index in [1.54, 1.807) is 90.6 Å². The highest BCUT2D eigenvalue weighted by molar-refractivity contribution is 7.91. The van der Waals surface area contributed by atoms with E-state index in [2.05, 4.69) is 5.10 Å². The Hall–Kier alpha value is -4.24. The first kappa shape index (κ1) is 21.6. The number of amides is 1. The van der Waals surface area contributed by atoms with Crippen LogP contribution in [0.4, 0.5) is 0 Å². The Morgan fingerprint density at radius 3 is 2.44 bits per heavy atom. The first-order valence-corrected chi connectivity index (χ1v) is 11.9. The van der Waals surface area contributed by atoms with E-state index in [9.17, 15) is 18.0 Å². The van der Waals surface area contributed by atoms with Crippen molar-refractivity contribution in [1.82, 2.24) is 14.3 Å². The lowest BCUT2D eigenvalue weighted by Gasteiger charge is -2.06. The summed E-state index contributed by atoms with van der Waals surface area (Å²) in [5, 5.41) is 5.51. The third-order valence-electron chi connectivity index (χ3n) is 5.88. The standard InChI is InChI=1S/C25H20N4O4S/c1-28-22-11-10-19(34(32,33)18-8-3-2-4-9-18)13-20(22)21-14-27-29(25(31)23(21)28)15-16-6-5-7-17(12-16)24(26)30/h2-14H,15H2,1H3,(H2,26,30). The van der Waals surface area contributed by atoms with Crippen molar-refractivity contribution in [3.63, 3.8) is 0 Å². The fourth-order valence-corrected chi connectivity index (χ4v) is 5.46. The van der Waals surface area contributed by atoms with Crippen LogP contribution in [0.25, 0.3) is 21.8 Å². The maximum Gasteiger partial charge on any atom is 0.291 e. The van der Waals surface area contributed by atoms with Crippen molar-refractivity contribution in [3.8, 4) is 0 Å². The first-order valence-electron chi connectivity index (χ1n) is 10.4. The van der Waals surface area contributed by atoms with Crippen LogP contribution in [0.5, 0.6) is 0 Å². The van der Waals surface area contributed by atoms with Crippen LogP contribution in [-0.4, -0.2) is 28.7 Å². The number of rotatable bonds is 5. The predicted octanol–water partition coefficient (Wildman–Crippen LogP) is 2.87. The van der Waals surface area contributed by atoms with Gasteiger partial charge in [0.05, 0.1) is 22.5 Å². The highest BCUT2D eigenvalue weighted by Crippen LogP contribution is 2.30. The van der Waals surface area contributed by atoms with E-state index in [-0.39, 0.29) is 21.9 Å².